The molecular formula is C33H39ClN6O4Si. The molecule has 2 N–H and O–H groups in total. The molecule has 6 rings (SSSR count). The van der Waals surface area contributed by atoms with Crippen molar-refractivity contribution in [2.75, 3.05) is 19.0 Å². The zero-order chi connectivity index (χ0) is 31.7. The van der Waals surface area contributed by atoms with Gasteiger partial charge < -0.3 is 29.1 Å². The highest BCUT2D eigenvalue weighted by Gasteiger charge is 2.25. The molecule has 0 radical (unpaired) electrons. The van der Waals surface area contributed by atoms with Gasteiger partial charge in [0.25, 0.3) is 5.91 Å². The fourth-order valence-corrected chi connectivity index (χ4v) is 6.53. The SMILES string of the molecule is CNC(=O)c1ccc(Nc2nc(OC3CCCC3)c3c(-c4ccc5nc(C)oc5c4)cn(COCC[Si](C)(C)C)c3n2)c(Cl)c1. The van der Waals surface area contributed by atoms with Crippen LogP contribution in [0.4, 0.5) is 11.6 Å². The Bertz CT molecular complexity index is 1860. The van der Waals surface area contributed by atoms with Gasteiger partial charge in [-0.2, -0.15) is 9.97 Å². The van der Waals surface area contributed by atoms with E-state index in [1.165, 1.54) is 0 Å². The van der Waals surface area contributed by atoms with E-state index in [4.69, 9.17) is 35.5 Å². The smallest absolute Gasteiger partial charge is 0.251 e. The summed E-state index contributed by atoms with van der Waals surface area (Å²) in [6.45, 7) is 9.85. The molecule has 1 aliphatic carbocycles. The maximum absolute atomic E-state index is 12.1. The predicted molar refractivity (Wildman–Crippen MR) is 180 cm³/mol. The number of nitrogens with one attached hydrogen (secondary N) is 2. The lowest BCUT2D eigenvalue weighted by molar-refractivity contribution is 0.0899. The van der Waals surface area contributed by atoms with Crippen molar-refractivity contribution in [3.63, 3.8) is 0 Å². The lowest BCUT2D eigenvalue weighted by Gasteiger charge is -2.17. The van der Waals surface area contributed by atoms with Gasteiger partial charge in [0.1, 0.15) is 18.4 Å². The Kier molecular flexibility index (Phi) is 8.85. The fourth-order valence-electron chi connectivity index (χ4n) is 5.55. The average Bonchev–Trinajstić information content (AvgIpc) is 3.73. The molecule has 0 saturated heterocycles. The number of fused-ring (bicyclic) bond motifs is 2. The van der Waals surface area contributed by atoms with Gasteiger partial charge in [-0.1, -0.05) is 37.3 Å². The van der Waals surface area contributed by atoms with Crippen molar-refractivity contribution in [1.82, 2.24) is 24.8 Å². The van der Waals surface area contributed by atoms with Crippen LogP contribution in [0.25, 0.3) is 33.3 Å². The molecular weight excluding hydrogens is 608 g/mol. The summed E-state index contributed by atoms with van der Waals surface area (Å²) in [5.74, 6) is 1.23. The number of ether oxygens (including phenoxy) is 2. The second-order valence-corrected chi connectivity index (χ2v) is 18.8. The van der Waals surface area contributed by atoms with Crippen molar-refractivity contribution in [3.05, 3.63) is 59.1 Å². The predicted octanol–water partition coefficient (Wildman–Crippen LogP) is 7.94. The van der Waals surface area contributed by atoms with Gasteiger partial charge in [-0.3, -0.25) is 4.79 Å². The topological polar surface area (TPSA) is 116 Å². The average molecular weight is 647 g/mol. The molecule has 236 valence electrons. The van der Waals surface area contributed by atoms with E-state index >= 15 is 0 Å². The van der Waals surface area contributed by atoms with Crippen LogP contribution in [0.2, 0.25) is 30.7 Å². The summed E-state index contributed by atoms with van der Waals surface area (Å²) in [5, 5.41) is 7.07. The number of hydrogen-bond donors (Lipinski definition) is 2. The van der Waals surface area contributed by atoms with Crippen LogP contribution in [0.15, 0.2) is 47.0 Å². The molecule has 12 heteroatoms. The standard InChI is InChI=1S/C33H39ClN6O4Si/c1-20-36-27-13-10-21(17-28(27)43-20)24-18-40(19-42-14-15-45(3,4)5)30-29(24)32(44-23-8-6-7-9-23)39-33(38-30)37-26-12-11-22(16-25(26)34)31(41)35-2/h10-13,16-18,23H,6-9,14-15,19H2,1-5H3,(H,35,41)(H,37,38,39). The van der Waals surface area contributed by atoms with Crippen LogP contribution in [0.3, 0.4) is 0 Å². The Morgan fingerprint density at radius 2 is 1.91 bits per heavy atom. The fraction of sp³-hybridized carbons (Fsp3) is 0.394. The first-order valence-corrected chi connectivity index (χ1v) is 19.5. The molecule has 0 unspecified atom stereocenters. The zero-order valence-electron chi connectivity index (χ0n) is 26.4. The van der Waals surface area contributed by atoms with E-state index in [0.717, 1.165) is 53.8 Å². The van der Waals surface area contributed by atoms with E-state index in [0.29, 0.717) is 58.6 Å². The number of benzene rings is 2. The molecule has 3 aromatic heterocycles. The van der Waals surface area contributed by atoms with Gasteiger partial charge in [-0.15, -0.1) is 0 Å². The minimum atomic E-state index is -1.27. The highest BCUT2D eigenvalue weighted by Crippen LogP contribution is 2.39. The third-order valence-electron chi connectivity index (χ3n) is 8.00. The molecule has 1 amide bonds. The summed E-state index contributed by atoms with van der Waals surface area (Å²) in [6, 6.07) is 12.1. The molecule has 2 aromatic carbocycles. The first kappa shape index (κ1) is 31.1. The third-order valence-corrected chi connectivity index (χ3v) is 10.0. The summed E-state index contributed by atoms with van der Waals surface area (Å²) in [4.78, 5) is 26.5. The van der Waals surface area contributed by atoms with Crippen molar-refractivity contribution < 1.29 is 18.7 Å². The number of aromatic nitrogens is 4. The number of nitrogens with zero attached hydrogens (tertiary/aromatic N) is 4. The van der Waals surface area contributed by atoms with Crippen LogP contribution < -0.4 is 15.4 Å². The van der Waals surface area contributed by atoms with Gasteiger partial charge in [0.2, 0.25) is 11.8 Å². The molecule has 5 aromatic rings. The summed E-state index contributed by atoms with van der Waals surface area (Å²) in [7, 11) is 0.318. The molecule has 1 fully saturated rings. The Hall–Kier alpha value is -3.93. The van der Waals surface area contributed by atoms with Crippen LogP contribution in [-0.2, 0) is 11.5 Å². The molecule has 0 aliphatic heterocycles. The van der Waals surface area contributed by atoms with E-state index < -0.39 is 8.07 Å². The van der Waals surface area contributed by atoms with E-state index in [9.17, 15) is 4.79 Å². The van der Waals surface area contributed by atoms with Crippen molar-refractivity contribution >= 4 is 59.4 Å². The van der Waals surface area contributed by atoms with Gasteiger partial charge in [0.05, 0.1) is 16.1 Å². The van der Waals surface area contributed by atoms with Gasteiger partial charge in [-0.05, 0) is 67.6 Å². The Balaban J connectivity index is 1.46. The summed E-state index contributed by atoms with van der Waals surface area (Å²) in [6.07, 6.45) is 6.31. The normalized spacial score (nSPS) is 14.0. The van der Waals surface area contributed by atoms with Crippen LogP contribution in [0, 0.1) is 6.92 Å². The van der Waals surface area contributed by atoms with Gasteiger partial charge in [-0.25, -0.2) is 4.98 Å². The number of rotatable bonds is 11. The molecule has 10 nitrogen and oxygen atoms in total. The number of amides is 1. The van der Waals surface area contributed by atoms with Gasteiger partial charge in [0, 0.05) is 46.0 Å². The first-order chi connectivity index (χ1) is 21.6. The molecule has 1 saturated carbocycles. The molecule has 3 heterocycles. The quantitative estimate of drug-likeness (QED) is 0.110. The highest BCUT2D eigenvalue weighted by molar-refractivity contribution is 6.76. The summed E-state index contributed by atoms with van der Waals surface area (Å²) in [5.41, 5.74) is 5.09. The van der Waals surface area contributed by atoms with E-state index in [2.05, 4.69) is 41.5 Å². The number of oxazole rings is 1. The lowest BCUT2D eigenvalue weighted by atomic mass is 10.1. The molecule has 45 heavy (non-hydrogen) atoms. The van der Waals surface area contributed by atoms with Gasteiger partial charge in [0.15, 0.2) is 17.1 Å². The minimum absolute atomic E-state index is 0.0648. The maximum Gasteiger partial charge on any atom is 0.251 e. The van der Waals surface area contributed by atoms with Crippen molar-refractivity contribution in [2.45, 2.75) is 71.1 Å². The lowest BCUT2D eigenvalue weighted by Crippen LogP contribution is -2.22. The minimum Gasteiger partial charge on any atom is -0.474 e. The van der Waals surface area contributed by atoms with E-state index in [1.807, 2.05) is 29.7 Å². The van der Waals surface area contributed by atoms with Crippen LogP contribution in [0.1, 0.15) is 41.9 Å². The van der Waals surface area contributed by atoms with Crippen molar-refractivity contribution in [1.29, 1.82) is 0 Å². The summed E-state index contributed by atoms with van der Waals surface area (Å²) < 4.78 is 20.7. The zero-order valence-corrected chi connectivity index (χ0v) is 28.1. The van der Waals surface area contributed by atoms with Crippen LogP contribution in [0.5, 0.6) is 5.88 Å². The molecule has 0 bridgehead atoms. The second kappa shape index (κ2) is 12.8. The van der Waals surface area contributed by atoms with Crippen molar-refractivity contribution in [3.8, 4) is 17.0 Å². The Labute approximate surface area is 268 Å². The van der Waals surface area contributed by atoms with E-state index in [1.54, 1.807) is 25.2 Å². The van der Waals surface area contributed by atoms with E-state index in [-0.39, 0.29) is 12.0 Å². The molecule has 0 spiro atoms. The summed E-state index contributed by atoms with van der Waals surface area (Å²) >= 11 is 6.60. The van der Waals surface area contributed by atoms with Gasteiger partial charge >= 0.3 is 0 Å². The maximum atomic E-state index is 12.1. The Morgan fingerprint density at radius 3 is 2.64 bits per heavy atom. The molecule has 1 aliphatic rings. The highest BCUT2D eigenvalue weighted by atomic mass is 35.5. The Morgan fingerprint density at radius 1 is 1.11 bits per heavy atom. The largest absolute Gasteiger partial charge is 0.474 e. The monoisotopic (exact) mass is 646 g/mol. The number of carbonyl (C=O) groups is 1. The second-order valence-electron chi connectivity index (χ2n) is 12.7. The van der Waals surface area contributed by atoms with Crippen molar-refractivity contribution in [2.24, 2.45) is 0 Å². The molecule has 0 atom stereocenters. The third kappa shape index (κ3) is 7.00. The number of hydrogen-bond acceptors (Lipinski definition) is 8. The number of carbonyl (C=O) groups excluding carboxylic acids is 1. The number of halogens is 1. The first-order valence-electron chi connectivity index (χ1n) is 15.4. The number of anilines is 2. The van der Waals surface area contributed by atoms with Crippen LogP contribution in [-0.4, -0.2) is 53.3 Å². The number of aryl methyl sites for hydroxylation is 1. The van der Waals surface area contributed by atoms with Crippen LogP contribution >= 0.6 is 11.6 Å².